The normalized spacial score (nSPS) is 21.1. The Kier molecular flexibility index (Phi) is 5.06. The average Bonchev–Trinajstić information content (AvgIpc) is 3.41. The molecule has 1 aliphatic carbocycles. The third-order valence-corrected chi connectivity index (χ3v) is 5.11. The summed E-state index contributed by atoms with van der Waals surface area (Å²) >= 11 is 0. The minimum atomic E-state index is -4.37. The maximum absolute atomic E-state index is 12.6. The van der Waals surface area contributed by atoms with Crippen LogP contribution < -0.4 is 5.32 Å². The van der Waals surface area contributed by atoms with E-state index < -0.39 is 17.3 Å². The zero-order valence-electron chi connectivity index (χ0n) is 14.0. The first kappa shape index (κ1) is 18.2. The molecule has 0 unspecified atom stereocenters. The highest BCUT2D eigenvalue weighted by molar-refractivity contribution is 5.80. The van der Waals surface area contributed by atoms with Crippen molar-refractivity contribution in [2.24, 2.45) is 5.92 Å². The van der Waals surface area contributed by atoms with Crippen LogP contribution >= 0.6 is 0 Å². The van der Waals surface area contributed by atoms with Gasteiger partial charge in [0, 0.05) is 32.1 Å². The Labute approximate surface area is 145 Å². The number of rotatable bonds is 5. The quantitative estimate of drug-likeness (QED) is 0.852. The van der Waals surface area contributed by atoms with Crippen LogP contribution in [0.2, 0.25) is 0 Å². The van der Waals surface area contributed by atoms with Crippen LogP contribution in [-0.4, -0.2) is 42.1 Å². The Morgan fingerprint density at radius 2 is 1.80 bits per heavy atom. The number of benzene rings is 1. The van der Waals surface area contributed by atoms with Crippen molar-refractivity contribution in [2.75, 3.05) is 26.2 Å². The maximum atomic E-state index is 12.6. The fourth-order valence-corrected chi connectivity index (χ4v) is 3.23. The number of carbonyl (C=O) groups is 1. The molecule has 0 atom stereocenters. The van der Waals surface area contributed by atoms with E-state index in [2.05, 4.69) is 10.2 Å². The number of piperidine rings is 1. The van der Waals surface area contributed by atoms with Gasteiger partial charge in [-0.2, -0.15) is 13.2 Å². The molecule has 0 bridgehead atoms. The molecule has 0 spiro atoms. The Balaban J connectivity index is 1.49. The second-order valence-corrected chi connectivity index (χ2v) is 7.01. The number of hydrogen-bond donors (Lipinski definition) is 2. The largest absolute Gasteiger partial charge is 0.416 e. The molecule has 1 aliphatic heterocycles. The molecule has 2 N–H and O–H groups in total. The lowest BCUT2D eigenvalue weighted by Gasteiger charge is -2.38. The minimum absolute atomic E-state index is 0.123. The average molecular weight is 356 g/mol. The summed E-state index contributed by atoms with van der Waals surface area (Å²) in [6.45, 7) is 2.61. The molecule has 2 aliphatic rings. The van der Waals surface area contributed by atoms with Gasteiger partial charge in [0.15, 0.2) is 0 Å². The summed E-state index contributed by atoms with van der Waals surface area (Å²) < 4.78 is 37.9. The van der Waals surface area contributed by atoms with E-state index in [0.29, 0.717) is 38.0 Å². The molecule has 1 aromatic rings. The predicted molar refractivity (Wildman–Crippen MR) is 86.7 cm³/mol. The van der Waals surface area contributed by atoms with Crippen molar-refractivity contribution in [3.8, 4) is 0 Å². The number of halogens is 3. The van der Waals surface area contributed by atoms with Crippen molar-refractivity contribution in [1.29, 1.82) is 0 Å². The molecule has 25 heavy (non-hydrogen) atoms. The van der Waals surface area contributed by atoms with E-state index in [-0.39, 0.29) is 11.8 Å². The molecule has 7 heteroatoms. The summed E-state index contributed by atoms with van der Waals surface area (Å²) in [6.07, 6.45) is -1.47. The van der Waals surface area contributed by atoms with Gasteiger partial charge in [-0.15, -0.1) is 0 Å². The second kappa shape index (κ2) is 6.96. The molecule has 3 rings (SSSR count). The van der Waals surface area contributed by atoms with E-state index in [1.807, 2.05) is 0 Å². The molecule has 1 heterocycles. The van der Waals surface area contributed by atoms with Gasteiger partial charge in [-0.05, 0) is 43.4 Å². The summed E-state index contributed by atoms with van der Waals surface area (Å²) in [5, 5.41) is 13.7. The highest BCUT2D eigenvalue weighted by Gasteiger charge is 2.36. The summed E-state index contributed by atoms with van der Waals surface area (Å²) in [7, 11) is 0. The van der Waals surface area contributed by atoms with Crippen molar-refractivity contribution in [3.63, 3.8) is 0 Å². The van der Waals surface area contributed by atoms with Gasteiger partial charge in [-0.1, -0.05) is 12.1 Å². The minimum Gasteiger partial charge on any atom is -0.385 e. The van der Waals surface area contributed by atoms with Crippen LogP contribution in [0.25, 0.3) is 0 Å². The van der Waals surface area contributed by atoms with Gasteiger partial charge in [0.05, 0.1) is 11.2 Å². The molecule has 1 amide bonds. The number of aliphatic hydroxyl groups is 1. The third-order valence-electron chi connectivity index (χ3n) is 5.11. The second-order valence-electron chi connectivity index (χ2n) is 7.01. The third kappa shape index (κ3) is 4.52. The van der Waals surface area contributed by atoms with E-state index in [9.17, 15) is 23.1 Å². The monoisotopic (exact) mass is 356 g/mol. The van der Waals surface area contributed by atoms with Crippen LogP contribution in [0.5, 0.6) is 0 Å². The SMILES string of the molecule is O=C(NCCN1CCC(O)(c2ccc(C(F)(F)F)cc2)CC1)C1CC1. The van der Waals surface area contributed by atoms with E-state index in [1.165, 1.54) is 12.1 Å². The number of alkyl halides is 3. The number of carbonyl (C=O) groups excluding carboxylic acids is 1. The lowest BCUT2D eigenvalue weighted by molar-refractivity contribution is -0.137. The fraction of sp³-hybridized carbons (Fsp3) is 0.611. The van der Waals surface area contributed by atoms with Crippen LogP contribution in [0, 0.1) is 5.92 Å². The molecular weight excluding hydrogens is 333 g/mol. The van der Waals surface area contributed by atoms with Gasteiger partial charge in [-0.3, -0.25) is 4.79 Å². The first-order valence-electron chi connectivity index (χ1n) is 8.68. The Hall–Kier alpha value is -1.60. The summed E-state index contributed by atoms with van der Waals surface area (Å²) in [4.78, 5) is 13.7. The van der Waals surface area contributed by atoms with E-state index in [0.717, 1.165) is 31.5 Å². The lowest BCUT2D eigenvalue weighted by Crippen LogP contribution is -2.45. The zero-order chi connectivity index (χ0) is 18.1. The molecule has 138 valence electrons. The van der Waals surface area contributed by atoms with Gasteiger partial charge >= 0.3 is 6.18 Å². The van der Waals surface area contributed by atoms with Crippen molar-refractivity contribution in [2.45, 2.75) is 37.5 Å². The maximum Gasteiger partial charge on any atom is 0.416 e. The molecule has 1 saturated carbocycles. The molecule has 0 aromatic heterocycles. The van der Waals surface area contributed by atoms with Crippen molar-refractivity contribution in [1.82, 2.24) is 10.2 Å². The number of likely N-dealkylation sites (tertiary alicyclic amines) is 1. The molecule has 0 radical (unpaired) electrons. The number of nitrogens with zero attached hydrogens (tertiary/aromatic N) is 1. The van der Waals surface area contributed by atoms with Crippen molar-refractivity contribution in [3.05, 3.63) is 35.4 Å². The first-order chi connectivity index (χ1) is 11.8. The number of amides is 1. The molecule has 4 nitrogen and oxygen atoms in total. The van der Waals surface area contributed by atoms with Crippen molar-refractivity contribution < 1.29 is 23.1 Å². The fourth-order valence-electron chi connectivity index (χ4n) is 3.23. The van der Waals surface area contributed by atoms with Crippen LogP contribution in [0.15, 0.2) is 24.3 Å². The van der Waals surface area contributed by atoms with E-state index >= 15 is 0 Å². The topological polar surface area (TPSA) is 52.6 Å². The standard InChI is InChI=1S/C18H23F3N2O2/c19-18(20,21)15-5-3-14(4-6-15)17(25)7-10-23(11-8-17)12-9-22-16(24)13-1-2-13/h3-6,13,25H,1-2,7-12H2,(H,22,24). The highest BCUT2D eigenvalue weighted by atomic mass is 19.4. The lowest BCUT2D eigenvalue weighted by atomic mass is 9.84. The Bertz CT molecular complexity index is 604. The van der Waals surface area contributed by atoms with E-state index in [4.69, 9.17) is 0 Å². The van der Waals surface area contributed by atoms with Gasteiger partial charge in [0.25, 0.3) is 0 Å². The number of hydrogen-bond acceptors (Lipinski definition) is 3. The van der Waals surface area contributed by atoms with E-state index in [1.54, 1.807) is 0 Å². The summed E-state index contributed by atoms with van der Waals surface area (Å²) in [6, 6.07) is 4.78. The van der Waals surface area contributed by atoms with Gasteiger partial charge in [0.1, 0.15) is 0 Å². The molecule has 1 aromatic carbocycles. The Morgan fingerprint density at radius 1 is 1.20 bits per heavy atom. The number of nitrogens with one attached hydrogen (secondary N) is 1. The van der Waals surface area contributed by atoms with Crippen LogP contribution in [0.4, 0.5) is 13.2 Å². The van der Waals surface area contributed by atoms with Gasteiger partial charge in [0.2, 0.25) is 5.91 Å². The van der Waals surface area contributed by atoms with Crippen LogP contribution in [0.3, 0.4) is 0 Å². The summed E-state index contributed by atoms with van der Waals surface area (Å²) in [5.74, 6) is 0.324. The molecular formula is C18H23F3N2O2. The molecule has 2 fully saturated rings. The van der Waals surface area contributed by atoms with Gasteiger partial charge < -0.3 is 15.3 Å². The summed E-state index contributed by atoms with van der Waals surface area (Å²) in [5.41, 5.74) is -1.26. The molecule has 1 saturated heterocycles. The predicted octanol–water partition coefficient (Wildman–Crippen LogP) is 2.52. The van der Waals surface area contributed by atoms with Crippen LogP contribution in [-0.2, 0) is 16.6 Å². The zero-order valence-corrected chi connectivity index (χ0v) is 14.0. The highest BCUT2D eigenvalue weighted by Crippen LogP contribution is 2.35. The first-order valence-corrected chi connectivity index (χ1v) is 8.68. The van der Waals surface area contributed by atoms with Crippen LogP contribution in [0.1, 0.15) is 36.8 Å². The Morgan fingerprint density at radius 3 is 2.32 bits per heavy atom. The van der Waals surface area contributed by atoms with Crippen molar-refractivity contribution >= 4 is 5.91 Å². The van der Waals surface area contributed by atoms with Gasteiger partial charge in [-0.25, -0.2) is 0 Å². The smallest absolute Gasteiger partial charge is 0.385 e.